The van der Waals surface area contributed by atoms with Gasteiger partial charge in [-0.2, -0.15) is 0 Å². The summed E-state index contributed by atoms with van der Waals surface area (Å²) in [6.07, 6.45) is 7.72. The highest BCUT2D eigenvalue weighted by molar-refractivity contribution is 5.85. The first kappa shape index (κ1) is 25.9. The van der Waals surface area contributed by atoms with Gasteiger partial charge in [0.1, 0.15) is 0 Å². The fraction of sp³-hybridized carbons (Fsp3) is 0.500. The largest absolute Gasteiger partial charge is 0.459 e. The average molecular weight is 522 g/mol. The van der Waals surface area contributed by atoms with Gasteiger partial charge in [-0.3, -0.25) is 0 Å². The van der Waals surface area contributed by atoms with Gasteiger partial charge in [0.2, 0.25) is 5.89 Å². The molecule has 4 fully saturated rings. The SMILES string of the molecule is CCOC(=O)c1nnc(C(CCN2CC3CC4CC(C3)CC2C4)(c2ccccc2)c2ccccc2)o1.Cl. The van der Waals surface area contributed by atoms with E-state index in [0.29, 0.717) is 11.9 Å². The summed E-state index contributed by atoms with van der Waals surface area (Å²) in [7, 11) is 0. The van der Waals surface area contributed by atoms with E-state index in [1.807, 2.05) is 12.1 Å². The van der Waals surface area contributed by atoms with Crippen LogP contribution in [0.3, 0.4) is 0 Å². The Morgan fingerprint density at radius 2 is 1.51 bits per heavy atom. The number of halogens is 1. The number of esters is 1. The summed E-state index contributed by atoms with van der Waals surface area (Å²) in [5.41, 5.74) is 1.52. The predicted octanol–water partition coefficient (Wildman–Crippen LogP) is 5.90. The van der Waals surface area contributed by atoms with Crippen LogP contribution >= 0.6 is 12.4 Å². The van der Waals surface area contributed by atoms with Crippen LogP contribution in [0.25, 0.3) is 0 Å². The van der Waals surface area contributed by atoms with Crippen molar-refractivity contribution in [2.24, 2.45) is 17.8 Å². The van der Waals surface area contributed by atoms with Crippen LogP contribution in [0.4, 0.5) is 0 Å². The number of nitrogens with zero attached hydrogens (tertiary/aromatic N) is 3. The van der Waals surface area contributed by atoms with E-state index in [2.05, 4.69) is 63.6 Å². The average Bonchev–Trinajstić information content (AvgIpc) is 3.32. The number of aromatic nitrogens is 2. The molecule has 3 aromatic rings. The lowest BCUT2D eigenvalue weighted by molar-refractivity contribution is 0.0477. The summed E-state index contributed by atoms with van der Waals surface area (Å²) in [4.78, 5) is 15.2. The van der Waals surface area contributed by atoms with Crippen LogP contribution in [0, 0.1) is 17.8 Å². The lowest BCUT2D eigenvalue weighted by atomic mass is 9.68. The molecule has 3 heterocycles. The number of carbonyl (C=O) groups excluding carboxylic acids is 1. The van der Waals surface area contributed by atoms with E-state index in [1.165, 1.54) is 38.6 Å². The van der Waals surface area contributed by atoms with Crippen LogP contribution in [0.15, 0.2) is 65.1 Å². The molecular weight excluding hydrogens is 486 g/mol. The van der Waals surface area contributed by atoms with E-state index in [9.17, 15) is 4.79 Å². The van der Waals surface area contributed by atoms with Crippen molar-refractivity contribution in [3.63, 3.8) is 0 Å². The Balaban J connectivity index is 0.00000280. The van der Waals surface area contributed by atoms with Crippen molar-refractivity contribution in [3.8, 4) is 0 Å². The standard InChI is InChI=1S/C30H35N3O3.ClH/c1-2-35-28(34)27-31-32-29(36-27)30(24-9-5-3-6-10-24,25-11-7-4-8-12-25)13-14-33-20-23-16-21-15-22(17-23)19-26(33)18-21;/h3-12,21-23,26H,2,13-20H2,1H3;1H. The van der Waals surface area contributed by atoms with Gasteiger partial charge in [-0.25, -0.2) is 4.79 Å². The molecule has 37 heavy (non-hydrogen) atoms. The normalized spacial score (nSPS) is 24.9. The highest BCUT2D eigenvalue weighted by Gasteiger charge is 2.46. The summed E-state index contributed by atoms with van der Waals surface area (Å²) in [5.74, 6) is 2.43. The maximum absolute atomic E-state index is 12.4. The monoisotopic (exact) mass is 521 g/mol. The van der Waals surface area contributed by atoms with Crippen LogP contribution in [0.5, 0.6) is 0 Å². The molecular formula is C30H36ClN3O3. The quantitative estimate of drug-likeness (QED) is 0.344. The number of benzene rings is 2. The third-order valence-electron chi connectivity index (χ3n) is 8.77. The van der Waals surface area contributed by atoms with E-state index < -0.39 is 11.4 Å². The number of carbonyl (C=O) groups is 1. The topological polar surface area (TPSA) is 68.5 Å². The van der Waals surface area contributed by atoms with Crippen molar-refractivity contribution in [2.45, 2.75) is 56.9 Å². The predicted molar refractivity (Wildman–Crippen MR) is 144 cm³/mol. The Morgan fingerprint density at radius 1 is 0.919 bits per heavy atom. The lowest BCUT2D eigenvalue weighted by Crippen LogP contribution is -2.42. The minimum atomic E-state index is -0.663. The van der Waals surface area contributed by atoms with Crippen LogP contribution in [0.2, 0.25) is 0 Å². The second kappa shape index (κ2) is 11.0. The zero-order chi connectivity index (χ0) is 24.5. The summed E-state index contributed by atoms with van der Waals surface area (Å²) in [6.45, 7) is 4.17. The Labute approximate surface area is 225 Å². The summed E-state index contributed by atoms with van der Waals surface area (Å²) < 4.78 is 11.3. The molecule has 6 nitrogen and oxygen atoms in total. The van der Waals surface area contributed by atoms with Crippen LogP contribution in [0.1, 0.15) is 73.2 Å². The highest BCUT2D eigenvalue weighted by atomic mass is 35.5. The van der Waals surface area contributed by atoms with E-state index in [4.69, 9.17) is 9.15 Å². The third-order valence-corrected chi connectivity index (χ3v) is 8.77. The molecule has 2 unspecified atom stereocenters. The first-order valence-electron chi connectivity index (χ1n) is 13.5. The molecule has 0 radical (unpaired) electrons. The molecule has 7 rings (SSSR count). The second-order valence-electron chi connectivity index (χ2n) is 10.9. The minimum Gasteiger partial charge on any atom is -0.459 e. The second-order valence-corrected chi connectivity index (χ2v) is 10.9. The molecule has 0 spiro atoms. The fourth-order valence-electron chi connectivity index (χ4n) is 7.39. The van der Waals surface area contributed by atoms with Crippen molar-refractivity contribution in [3.05, 3.63) is 83.6 Å². The molecule has 2 saturated carbocycles. The van der Waals surface area contributed by atoms with Crippen molar-refractivity contribution in [1.82, 2.24) is 15.1 Å². The molecule has 196 valence electrons. The number of fused-ring (bicyclic) bond motifs is 1. The van der Waals surface area contributed by atoms with Gasteiger partial charge in [0.15, 0.2) is 0 Å². The Hall–Kier alpha value is -2.70. The molecule has 4 aliphatic rings. The Morgan fingerprint density at radius 3 is 2.11 bits per heavy atom. The molecule has 2 aromatic carbocycles. The van der Waals surface area contributed by atoms with E-state index in [-0.39, 0.29) is 24.9 Å². The van der Waals surface area contributed by atoms with E-state index >= 15 is 0 Å². The third kappa shape index (κ3) is 4.94. The first-order valence-corrected chi connectivity index (χ1v) is 13.5. The van der Waals surface area contributed by atoms with Crippen LogP contribution < -0.4 is 0 Å². The Bertz CT molecular complexity index is 1130. The van der Waals surface area contributed by atoms with Crippen LogP contribution in [-0.2, 0) is 10.2 Å². The van der Waals surface area contributed by atoms with Gasteiger partial charge in [0.05, 0.1) is 12.0 Å². The van der Waals surface area contributed by atoms with Crippen molar-refractivity contribution in [1.29, 1.82) is 0 Å². The molecule has 2 atom stereocenters. The molecule has 2 aliphatic heterocycles. The maximum atomic E-state index is 12.4. The summed E-state index contributed by atoms with van der Waals surface area (Å²) >= 11 is 0. The molecule has 2 aliphatic carbocycles. The fourth-order valence-corrected chi connectivity index (χ4v) is 7.39. The van der Waals surface area contributed by atoms with E-state index in [1.54, 1.807) is 6.92 Å². The molecule has 1 aromatic heterocycles. The van der Waals surface area contributed by atoms with Crippen molar-refractivity contribution < 1.29 is 13.9 Å². The first-order chi connectivity index (χ1) is 17.7. The lowest BCUT2D eigenvalue weighted by Gasteiger charge is -2.40. The van der Waals surface area contributed by atoms with Gasteiger partial charge in [0, 0.05) is 19.1 Å². The van der Waals surface area contributed by atoms with E-state index in [0.717, 1.165) is 41.8 Å². The van der Waals surface area contributed by atoms with Gasteiger partial charge < -0.3 is 14.1 Å². The Kier molecular flexibility index (Phi) is 7.68. The van der Waals surface area contributed by atoms with Gasteiger partial charge in [-0.15, -0.1) is 22.6 Å². The van der Waals surface area contributed by atoms with Gasteiger partial charge >= 0.3 is 11.9 Å². The molecule has 0 amide bonds. The molecule has 0 N–H and O–H groups in total. The van der Waals surface area contributed by atoms with Crippen molar-refractivity contribution >= 4 is 18.4 Å². The molecule has 7 heteroatoms. The zero-order valence-corrected chi connectivity index (χ0v) is 22.2. The van der Waals surface area contributed by atoms with Gasteiger partial charge in [-0.1, -0.05) is 60.7 Å². The van der Waals surface area contributed by atoms with Gasteiger partial charge in [0.25, 0.3) is 0 Å². The number of rotatable bonds is 8. The smallest absolute Gasteiger partial charge is 0.396 e. The van der Waals surface area contributed by atoms with Crippen LogP contribution in [-0.4, -0.2) is 46.8 Å². The molecule has 4 bridgehead atoms. The van der Waals surface area contributed by atoms with Gasteiger partial charge in [-0.05, 0) is 74.3 Å². The summed E-state index contributed by atoms with van der Waals surface area (Å²) in [6, 6.07) is 21.5. The minimum absolute atomic E-state index is 0. The zero-order valence-electron chi connectivity index (χ0n) is 21.4. The van der Waals surface area contributed by atoms with Crippen molar-refractivity contribution in [2.75, 3.05) is 19.7 Å². The summed E-state index contributed by atoms with van der Waals surface area (Å²) in [5, 5.41) is 8.60. The highest BCUT2D eigenvalue weighted by Crippen LogP contribution is 2.48. The molecule has 2 saturated heterocycles. The number of hydrogen-bond acceptors (Lipinski definition) is 6. The number of hydrogen-bond donors (Lipinski definition) is 0. The maximum Gasteiger partial charge on any atom is 0.396 e. The number of ether oxygens (including phenoxy) is 1.